The molecule has 8 heteroatoms. The van der Waals surface area contributed by atoms with E-state index in [9.17, 15) is 14.4 Å². The van der Waals surface area contributed by atoms with Crippen molar-refractivity contribution in [2.75, 3.05) is 14.1 Å². The van der Waals surface area contributed by atoms with Crippen molar-refractivity contribution in [2.24, 2.45) is 23.7 Å². The first kappa shape index (κ1) is 14.9. The molecular formula is C15H15N3O3S2. The number of hydrazine groups is 1. The summed E-state index contributed by atoms with van der Waals surface area (Å²) in [6, 6.07) is 0. The summed E-state index contributed by atoms with van der Waals surface area (Å²) < 4.78 is 0.227. The van der Waals surface area contributed by atoms with Crippen LogP contribution in [0.25, 0.3) is 0 Å². The van der Waals surface area contributed by atoms with Crippen LogP contribution in [0.1, 0.15) is 6.42 Å². The molecule has 4 rings (SSSR count). The van der Waals surface area contributed by atoms with Crippen molar-refractivity contribution in [3.8, 4) is 0 Å². The van der Waals surface area contributed by atoms with Gasteiger partial charge in [-0.25, -0.2) is 0 Å². The van der Waals surface area contributed by atoms with Crippen molar-refractivity contribution in [2.45, 2.75) is 6.42 Å². The standard InChI is InChI=1S/C15H15N3O3S2/c1-16(2)6-9-12(19)18(15(22)23-9)17-13(20)10-7-3-4-8(5-7)11(10)14(17)21/h3-4,6-8,10-11H,5H2,1-2H3/b9-6-/t7-,8-,10-,11+/m0/s1. The molecule has 4 aliphatic rings. The summed E-state index contributed by atoms with van der Waals surface area (Å²) >= 11 is 6.35. The number of thioether (sulfide) groups is 1. The van der Waals surface area contributed by atoms with E-state index in [0.717, 1.165) is 28.2 Å². The van der Waals surface area contributed by atoms with E-state index >= 15 is 0 Å². The van der Waals surface area contributed by atoms with Crippen LogP contribution >= 0.6 is 24.0 Å². The van der Waals surface area contributed by atoms with Gasteiger partial charge in [0.25, 0.3) is 17.7 Å². The molecule has 0 aromatic carbocycles. The maximum atomic E-state index is 12.8. The second kappa shape index (κ2) is 4.91. The van der Waals surface area contributed by atoms with Crippen molar-refractivity contribution in [3.63, 3.8) is 0 Å². The molecule has 2 saturated heterocycles. The van der Waals surface area contributed by atoms with Gasteiger partial charge in [0.15, 0.2) is 4.32 Å². The molecule has 0 spiro atoms. The van der Waals surface area contributed by atoms with Gasteiger partial charge in [0.2, 0.25) is 0 Å². The molecular weight excluding hydrogens is 334 g/mol. The van der Waals surface area contributed by atoms with E-state index in [1.807, 2.05) is 12.2 Å². The lowest BCUT2D eigenvalue weighted by atomic mass is 9.85. The van der Waals surface area contributed by atoms with Crippen LogP contribution < -0.4 is 0 Å². The first-order chi connectivity index (χ1) is 10.9. The van der Waals surface area contributed by atoms with Crippen molar-refractivity contribution in [1.82, 2.24) is 14.9 Å². The van der Waals surface area contributed by atoms with Gasteiger partial charge in [0, 0.05) is 20.3 Å². The van der Waals surface area contributed by atoms with E-state index in [4.69, 9.17) is 12.2 Å². The van der Waals surface area contributed by atoms with Crippen LogP contribution in [0.2, 0.25) is 0 Å². The maximum Gasteiger partial charge on any atom is 0.287 e. The van der Waals surface area contributed by atoms with Crippen molar-refractivity contribution in [1.29, 1.82) is 0 Å². The quantitative estimate of drug-likeness (QED) is 0.320. The molecule has 2 aliphatic carbocycles. The van der Waals surface area contributed by atoms with E-state index < -0.39 is 5.91 Å². The lowest BCUT2D eigenvalue weighted by Gasteiger charge is -2.25. The highest BCUT2D eigenvalue weighted by molar-refractivity contribution is 8.26. The van der Waals surface area contributed by atoms with Gasteiger partial charge in [-0.3, -0.25) is 14.4 Å². The van der Waals surface area contributed by atoms with Gasteiger partial charge in [-0.05, 0) is 30.5 Å². The molecule has 0 N–H and O–H groups in total. The van der Waals surface area contributed by atoms with E-state index in [0.29, 0.717) is 4.91 Å². The average molecular weight is 349 g/mol. The third-order valence-corrected chi connectivity index (χ3v) is 6.07. The number of amides is 3. The lowest BCUT2D eigenvalue weighted by Crippen LogP contribution is -2.49. The summed E-state index contributed by atoms with van der Waals surface area (Å²) in [5, 5.41) is 2.08. The largest absolute Gasteiger partial charge is 0.382 e. The van der Waals surface area contributed by atoms with Crippen LogP contribution in [0.5, 0.6) is 0 Å². The number of nitrogens with zero attached hydrogens (tertiary/aromatic N) is 3. The molecule has 120 valence electrons. The maximum absolute atomic E-state index is 12.8. The zero-order chi connectivity index (χ0) is 16.5. The fourth-order valence-electron chi connectivity index (χ4n) is 3.94. The number of rotatable bonds is 2. The SMILES string of the molecule is CN(C)/C=C1\SC(=S)N(N2C(=O)[C@@H]3[C@H](C2=O)[C@H]2C=C[C@H]3C2)C1=O. The molecule has 3 amide bonds. The van der Waals surface area contributed by atoms with Crippen molar-refractivity contribution in [3.05, 3.63) is 23.3 Å². The van der Waals surface area contributed by atoms with Gasteiger partial charge in [0.1, 0.15) is 0 Å². The topological polar surface area (TPSA) is 60.9 Å². The molecule has 0 unspecified atom stereocenters. The molecule has 6 nitrogen and oxygen atoms in total. The molecule has 4 atom stereocenters. The van der Waals surface area contributed by atoms with E-state index in [2.05, 4.69) is 0 Å². The third kappa shape index (κ3) is 1.94. The highest BCUT2D eigenvalue weighted by Crippen LogP contribution is 2.53. The lowest BCUT2D eigenvalue weighted by molar-refractivity contribution is -0.159. The minimum atomic E-state index is -0.407. The summed E-state index contributed by atoms with van der Waals surface area (Å²) in [7, 11) is 3.60. The zero-order valence-corrected chi connectivity index (χ0v) is 14.3. The molecule has 23 heavy (non-hydrogen) atoms. The van der Waals surface area contributed by atoms with Crippen LogP contribution in [-0.2, 0) is 14.4 Å². The van der Waals surface area contributed by atoms with Gasteiger partial charge in [-0.1, -0.05) is 23.9 Å². The molecule has 2 aliphatic heterocycles. The number of imide groups is 1. The Bertz CT molecular complexity index is 685. The number of hydrogen-bond donors (Lipinski definition) is 0. The van der Waals surface area contributed by atoms with Crippen LogP contribution in [0.4, 0.5) is 0 Å². The highest BCUT2D eigenvalue weighted by atomic mass is 32.2. The van der Waals surface area contributed by atoms with Crippen LogP contribution in [0, 0.1) is 23.7 Å². The molecule has 2 bridgehead atoms. The van der Waals surface area contributed by atoms with E-state index in [1.54, 1.807) is 25.2 Å². The Morgan fingerprint density at radius 3 is 2.22 bits per heavy atom. The highest BCUT2D eigenvalue weighted by Gasteiger charge is 2.62. The fourth-order valence-corrected chi connectivity index (χ4v) is 5.25. The zero-order valence-electron chi connectivity index (χ0n) is 12.6. The molecule has 2 heterocycles. The Kier molecular flexibility index (Phi) is 3.18. The van der Waals surface area contributed by atoms with Gasteiger partial charge >= 0.3 is 0 Å². The third-order valence-electron chi connectivity index (χ3n) is 4.80. The Morgan fingerprint density at radius 2 is 1.70 bits per heavy atom. The second-order valence-corrected chi connectivity index (χ2v) is 8.11. The first-order valence-corrected chi connectivity index (χ1v) is 8.63. The van der Waals surface area contributed by atoms with Crippen molar-refractivity contribution >= 4 is 46.0 Å². The molecule has 1 saturated carbocycles. The number of carbonyl (C=O) groups excluding carboxylic acids is 3. The predicted octanol–water partition coefficient (Wildman–Crippen LogP) is 0.972. The predicted molar refractivity (Wildman–Crippen MR) is 88.4 cm³/mol. The summed E-state index contributed by atoms with van der Waals surface area (Å²) in [4.78, 5) is 40.3. The summed E-state index contributed by atoms with van der Waals surface area (Å²) in [5.74, 6) is -1.43. The fraction of sp³-hybridized carbons (Fsp3) is 0.467. The minimum absolute atomic E-state index is 0.113. The number of fused-ring (bicyclic) bond motifs is 5. The summed E-state index contributed by atoms with van der Waals surface area (Å²) in [6.07, 6.45) is 6.56. The Labute approximate surface area is 143 Å². The summed E-state index contributed by atoms with van der Waals surface area (Å²) in [6.45, 7) is 0. The van der Waals surface area contributed by atoms with Crippen LogP contribution in [0.3, 0.4) is 0 Å². The van der Waals surface area contributed by atoms with Gasteiger partial charge < -0.3 is 4.90 Å². The second-order valence-electron chi connectivity index (χ2n) is 6.43. The first-order valence-electron chi connectivity index (χ1n) is 7.40. The Balaban J connectivity index is 1.67. The van der Waals surface area contributed by atoms with Crippen molar-refractivity contribution < 1.29 is 14.4 Å². The van der Waals surface area contributed by atoms with E-state index in [-0.39, 0.29) is 39.8 Å². The van der Waals surface area contributed by atoms with Gasteiger partial charge in [0.05, 0.1) is 16.7 Å². The van der Waals surface area contributed by atoms with Crippen LogP contribution in [-0.4, -0.2) is 51.1 Å². The monoisotopic (exact) mass is 349 g/mol. The summed E-state index contributed by atoms with van der Waals surface area (Å²) in [5.41, 5.74) is 0. The van der Waals surface area contributed by atoms with Gasteiger partial charge in [-0.2, -0.15) is 10.0 Å². The van der Waals surface area contributed by atoms with Crippen LogP contribution in [0.15, 0.2) is 23.3 Å². The smallest absolute Gasteiger partial charge is 0.287 e. The molecule has 0 radical (unpaired) electrons. The normalized spacial score (nSPS) is 36.9. The Morgan fingerprint density at radius 1 is 1.13 bits per heavy atom. The Hall–Kier alpha value is -1.67. The molecule has 0 aromatic heterocycles. The minimum Gasteiger partial charge on any atom is -0.382 e. The number of allylic oxidation sites excluding steroid dienone is 2. The number of carbonyl (C=O) groups is 3. The average Bonchev–Trinajstić information content (AvgIpc) is 3.19. The van der Waals surface area contributed by atoms with Gasteiger partial charge in [-0.15, -0.1) is 0 Å². The molecule has 3 fully saturated rings. The number of hydrogen-bond acceptors (Lipinski definition) is 6. The number of thiocarbonyl (C=S) groups is 1. The molecule has 0 aromatic rings. The van der Waals surface area contributed by atoms with E-state index in [1.165, 1.54) is 0 Å².